The van der Waals surface area contributed by atoms with Gasteiger partial charge in [0.1, 0.15) is 5.75 Å². The largest absolute Gasteiger partial charge is 0.494 e. The lowest BCUT2D eigenvalue weighted by molar-refractivity contribution is -0.140. The van der Waals surface area contributed by atoms with Gasteiger partial charge in [-0.3, -0.25) is 9.59 Å². The molecule has 1 saturated carbocycles. The number of rotatable bonds is 6. The van der Waals surface area contributed by atoms with E-state index in [1.807, 2.05) is 48.2 Å². The molecule has 7 heteroatoms. The molecule has 2 heterocycles. The minimum Gasteiger partial charge on any atom is -0.494 e. The molecule has 0 unspecified atom stereocenters. The molecule has 2 aliphatic rings. The fourth-order valence-corrected chi connectivity index (χ4v) is 5.07. The molecule has 1 N–H and O–H groups in total. The number of nitrogens with zero attached hydrogens (tertiary/aromatic N) is 1. The molecule has 178 valence electrons. The molecule has 5 rings (SSSR count). The highest BCUT2D eigenvalue weighted by molar-refractivity contribution is 5.83. The Kier molecular flexibility index (Phi) is 5.94. The smallest absolute Gasteiger partial charge is 0.254 e. The Labute approximate surface area is 198 Å². The van der Waals surface area contributed by atoms with E-state index in [0.717, 1.165) is 47.0 Å². The van der Waals surface area contributed by atoms with Crippen LogP contribution in [0.5, 0.6) is 17.2 Å². The summed E-state index contributed by atoms with van der Waals surface area (Å²) in [6, 6.07) is 10.9. The normalized spacial score (nSPS) is 17.7. The van der Waals surface area contributed by atoms with Crippen LogP contribution in [0.15, 0.2) is 41.2 Å². The molecule has 0 bridgehead atoms. The SMILES string of the molecule is CCOc1ccc2[nH]c(=O)c([C@@H]3c4cc(OC)c(OC)cc4CCN3C(=O)C3CCC3)cc2c1. The van der Waals surface area contributed by atoms with Crippen LogP contribution >= 0.6 is 0 Å². The third-order valence-corrected chi connectivity index (χ3v) is 7.06. The van der Waals surface area contributed by atoms with Crippen LogP contribution in [0.3, 0.4) is 0 Å². The van der Waals surface area contributed by atoms with E-state index >= 15 is 0 Å². The van der Waals surface area contributed by atoms with Gasteiger partial charge < -0.3 is 24.1 Å². The number of benzene rings is 2. The lowest BCUT2D eigenvalue weighted by atomic mass is 9.81. The maximum absolute atomic E-state index is 13.5. The second kappa shape index (κ2) is 9.05. The quantitative estimate of drug-likeness (QED) is 0.593. The molecule has 3 aromatic rings. The summed E-state index contributed by atoms with van der Waals surface area (Å²) in [7, 11) is 3.21. The van der Waals surface area contributed by atoms with Crippen LogP contribution in [0.25, 0.3) is 10.9 Å². The zero-order valence-electron chi connectivity index (χ0n) is 19.8. The number of aromatic nitrogens is 1. The van der Waals surface area contributed by atoms with Crippen LogP contribution in [0.4, 0.5) is 0 Å². The molecule has 1 atom stereocenters. The summed E-state index contributed by atoms with van der Waals surface area (Å²) in [5.41, 5.74) is 3.04. The van der Waals surface area contributed by atoms with Gasteiger partial charge in [-0.1, -0.05) is 6.42 Å². The number of carbonyl (C=O) groups excluding carboxylic acids is 1. The fourth-order valence-electron chi connectivity index (χ4n) is 5.07. The van der Waals surface area contributed by atoms with E-state index in [-0.39, 0.29) is 17.4 Å². The van der Waals surface area contributed by atoms with E-state index in [1.165, 1.54) is 0 Å². The first-order valence-corrected chi connectivity index (χ1v) is 11.9. The minimum atomic E-state index is -0.499. The monoisotopic (exact) mass is 462 g/mol. The van der Waals surface area contributed by atoms with E-state index < -0.39 is 6.04 Å². The van der Waals surface area contributed by atoms with Gasteiger partial charge in [0.2, 0.25) is 5.91 Å². The summed E-state index contributed by atoms with van der Waals surface area (Å²) < 4.78 is 16.8. The zero-order valence-corrected chi connectivity index (χ0v) is 19.8. The van der Waals surface area contributed by atoms with Gasteiger partial charge in [0, 0.05) is 28.9 Å². The highest BCUT2D eigenvalue weighted by Gasteiger charge is 2.39. The summed E-state index contributed by atoms with van der Waals surface area (Å²) in [5.74, 6) is 2.13. The second-order valence-electron chi connectivity index (χ2n) is 8.95. The highest BCUT2D eigenvalue weighted by atomic mass is 16.5. The van der Waals surface area contributed by atoms with Crippen molar-refractivity contribution in [1.29, 1.82) is 0 Å². The number of methoxy groups -OCH3 is 2. The number of fused-ring (bicyclic) bond motifs is 2. The number of pyridine rings is 1. The Morgan fingerprint density at radius 1 is 1.06 bits per heavy atom. The first-order chi connectivity index (χ1) is 16.5. The Balaban J connectivity index is 1.69. The molecule has 1 fully saturated rings. The van der Waals surface area contributed by atoms with Gasteiger partial charge in [0.25, 0.3) is 5.56 Å². The van der Waals surface area contributed by atoms with E-state index in [2.05, 4.69) is 4.98 Å². The lowest BCUT2D eigenvalue weighted by Gasteiger charge is -2.41. The summed E-state index contributed by atoms with van der Waals surface area (Å²) in [6.45, 7) is 3.05. The van der Waals surface area contributed by atoms with Crippen LogP contribution < -0.4 is 19.8 Å². The molecule has 0 saturated heterocycles. The number of H-pyrrole nitrogens is 1. The molecule has 1 aliphatic heterocycles. The maximum Gasteiger partial charge on any atom is 0.254 e. The molecule has 7 nitrogen and oxygen atoms in total. The number of ether oxygens (including phenoxy) is 3. The predicted octanol–water partition coefficient (Wildman–Crippen LogP) is 4.22. The first-order valence-electron chi connectivity index (χ1n) is 11.9. The molecule has 0 radical (unpaired) electrons. The van der Waals surface area contributed by atoms with Crippen molar-refractivity contribution in [2.45, 2.75) is 38.6 Å². The van der Waals surface area contributed by atoms with Gasteiger partial charge in [0.05, 0.1) is 26.9 Å². The van der Waals surface area contributed by atoms with Crippen molar-refractivity contribution in [3.05, 3.63) is 63.4 Å². The van der Waals surface area contributed by atoms with E-state index in [1.54, 1.807) is 14.2 Å². The van der Waals surface area contributed by atoms with Crippen LogP contribution in [0.1, 0.15) is 48.9 Å². The number of aromatic amines is 1. The Morgan fingerprint density at radius 3 is 2.50 bits per heavy atom. The predicted molar refractivity (Wildman–Crippen MR) is 130 cm³/mol. The van der Waals surface area contributed by atoms with Gasteiger partial charge in [-0.25, -0.2) is 0 Å². The van der Waals surface area contributed by atoms with Crippen LogP contribution in [0.2, 0.25) is 0 Å². The molecular weight excluding hydrogens is 432 g/mol. The van der Waals surface area contributed by atoms with Crippen LogP contribution in [-0.2, 0) is 11.2 Å². The molecule has 34 heavy (non-hydrogen) atoms. The summed E-state index contributed by atoms with van der Waals surface area (Å²) >= 11 is 0. The van der Waals surface area contributed by atoms with E-state index in [0.29, 0.717) is 36.6 Å². The van der Waals surface area contributed by atoms with Gasteiger partial charge in [0.15, 0.2) is 11.5 Å². The topological polar surface area (TPSA) is 80.9 Å². The summed E-state index contributed by atoms with van der Waals surface area (Å²) in [5, 5.41) is 0.865. The number of carbonyl (C=O) groups is 1. The van der Waals surface area contributed by atoms with Crippen molar-refractivity contribution >= 4 is 16.8 Å². The van der Waals surface area contributed by atoms with Crippen molar-refractivity contribution < 1.29 is 19.0 Å². The van der Waals surface area contributed by atoms with Crippen molar-refractivity contribution in [3.63, 3.8) is 0 Å². The third kappa shape index (κ3) is 3.79. The average molecular weight is 463 g/mol. The van der Waals surface area contributed by atoms with Gasteiger partial charge >= 0.3 is 0 Å². The van der Waals surface area contributed by atoms with Crippen LogP contribution in [-0.4, -0.2) is 43.2 Å². The number of amides is 1. The maximum atomic E-state index is 13.5. The number of hydrogen-bond acceptors (Lipinski definition) is 5. The average Bonchev–Trinajstić information content (AvgIpc) is 2.81. The van der Waals surface area contributed by atoms with E-state index in [9.17, 15) is 9.59 Å². The lowest BCUT2D eigenvalue weighted by Crippen LogP contribution is -2.46. The standard InChI is InChI=1S/C27H30N2O5/c1-4-34-19-8-9-22-18(12-19)13-21(26(30)28-22)25-20-15-24(33-3)23(32-2)14-17(20)10-11-29(25)27(31)16-6-5-7-16/h8-9,12-16,25H,4-7,10-11H2,1-3H3,(H,28,30)/t25-/m0/s1. The van der Waals surface area contributed by atoms with E-state index in [4.69, 9.17) is 14.2 Å². The molecule has 2 aromatic carbocycles. The second-order valence-corrected chi connectivity index (χ2v) is 8.95. The summed E-state index contributed by atoms with van der Waals surface area (Å²) in [6.07, 6.45) is 3.59. The Bertz CT molecular complexity index is 1290. The van der Waals surface area contributed by atoms with Crippen molar-refractivity contribution in [2.24, 2.45) is 5.92 Å². The molecule has 1 amide bonds. The Morgan fingerprint density at radius 2 is 1.82 bits per heavy atom. The number of hydrogen-bond donors (Lipinski definition) is 1. The van der Waals surface area contributed by atoms with Crippen molar-refractivity contribution in [3.8, 4) is 17.2 Å². The van der Waals surface area contributed by atoms with Crippen molar-refractivity contribution in [2.75, 3.05) is 27.4 Å². The third-order valence-electron chi connectivity index (χ3n) is 7.06. The first kappa shape index (κ1) is 22.3. The molecular formula is C27H30N2O5. The van der Waals surface area contributed by atoms with Gasteiger partial charge in [-0.2, -0.15) is 0 Å². The van der Waals surface area contributed by atoms with Gasteiger partial charge in [-0.05, 0) is 73.7 Å². The zero-order chi connectivity index (χ0) is 23.8. The molecule has 1 aromatic heterocycles. The van der Waals surface area contributed by atoms with Crippen LogP contribution in [0, 0.1) is 5.92 Å². The summed E-state index contributed by atoms with van der Waals surface area (Å²) in [4.78, 5) is 31.8. The van der Waals surface area contributed by atoms with Crippen molar-refractivity contribution in [1.82, 2.24) is 9.88 Å². The Hall–Kier alpha value is -3.48. The van der Waals surface area contributed by atoms with Gasteiger partial charge in [-0.15, -0.1) is 0 Å². The molecule has 1 aliphatic carbocycles. The minimum absolute atomic E-state index is 0.0355. The highest BCUT2D eigenvalue weighted by Crippen LogP contribution is 2.42. The fraction of sp³-hybridized carbons (Fsp3) is 0.407. The number of nitrogens with one attached hydrogen (secondary N) is 1. The molecule has 0 spiro atoms.